The number of hydrogen-bond donors (Lipinski definition) is 3. The summed E-state index contributed by atoms with van der Waals surface area (Å²) in [7, 11) is 0. The molecule has 40 heavy (non-hydrogen) atoms. The average molecular weight is 602 g/mol. The van der Waals surface area contributed by atoms with Crippen molar-refractivity contribution in [3.05, 3.63) is 103 Å². The van der Waals surface area contributed by atoms with Gasteiger partial charge in [-0.2, -0.15) is 0 Å². The van der Waals surface area contributed by atoms with Crippen LogP contribution in [-0.2, 0) is 10.2 Å². The zero-order valence-corrected chi connectivity index (χ0v) is 24.2. The largest absolute Gasteiger partial charge is 0.484 e. The van der Waals surface area contributed by atoms with Gasteiger partial charge in [-0.15, -0.1) is 0 Å². The Hall–Kier alpha value is -3.72. The average Bonchev–Trinajstić information content (AvgIpc) is 3.26. The smallest absolute Gasteiger partial charge is 0.273 e. The maximum Gasteiger partial charge on any atom is 0.273 e. The Morgan fingerprint density at radius 2 is 1.62 bits per heavy atom. The van der Waals surface area contributed by atoms with E-state index in [1.54, 1.807) is 18.2 Å². The van der Waals surface area contributed by atoms with Crippen LogP contribution < -0.4 is 20.9 Å². The Kier molecular flexibility index (Phi) is 8.93. The first-order chi connectivity index (χ1) is 19.0. The minimum Gasteiger partial charge on any atom is -0.484 e. The number of aromatic amines is 1. The summed E-state index contributed by atoms with van der Waals surface area (Å²) in [6.07, 6.45) is 1.00. The predicted molar refractivity (Wildman–Crippen MR) is 160 cm³/mol. The van der Waals surface area contributed by atoms with Crippen molar-refractivity contribution in [1.29, 1.82) is 0 Å². The number of nitrogens with one attached hydrogen (secondary N) is 3. The van der Waals surface area contributed by atoms with Crippen molar-refractivity contribution in [1.82, 2.24) is 9.78 Å². The summed E-state index contributed by atoms with van der Waals surface area (Å²) in [6.45, 7) is 6.29. The summed E-state index contributed by atoms with van der Waals surface area (Å²) >= 11 is 18.4. The van der Waals surface area contributed by atoms with Gasteiger partial charge in [-0.25, -0.2) is 4.68 Å². The molecule has 4 aromatic rings. The van der Waals surface area contributed by atoms with Gasteiger partial charge in [-0.1, -0.05) is 73.8 Å². The molecule has 0 bridgehead atoms. The van der Waals surface area contributed by atoms with Crippen LogP contribution in [0.4, 0.5) is 11.5 Å². The third-order valence-electron chi connectivity index (χ3n) is 6.47. The highest BCUT2D eigenvalue weighted by Gasteiger charge is 2.18. The molecule has 0 aliphatic rings. The maximum absolute atomic E-state index is 12.9. The molecule has 0 saturated carbocycles. The van der Waals surface area contributed by atoms with E-state index in [-0.39, 0.29) is 45.0 Å². The van der Waals surface area contributed by atoms with Crippen molar-refractivity contribution in [3.8, 4) is 11.4 Å². The van der Waals surface area contributed by atoms with Crippen LogP contribution in [0.3, 0.4) is 0 Å². The van der Waals surface area contributed by atoms with Crippen LogP contribution in [0.1, 0.15) is 43.1 Å². The molecule has 0 atom stereocenters. The van der Waals surface area contributed by atoms with E-state index in [9.17, 15) is 14.4 Å². The first-order valence-electron chi connectivity index (χ1n) is 12.4. The molecular weight excluding hydrogens is 575 g/mol. The fraction of sp³-hybridized carbons (Fsp3) is 0.207. The van der Waals surface area contributed by atoms with Gasteiger partial charge in [0.15, 0.2) is 6.61 Å². The standard InChI is InChI=1S/C29H27Cl3N4O4/c1-4-29(2,3)18-8-10-21(11-9-18)40-16-25(37)33-20-7-5-6-17(12-20)28(39)34-24-15-26(38)36(35-24)27-22(31)13-19(30)14-23(27)32/h5-15,35H,4,16H2,1-3H3,(H,33,37)(H,34,39). The zero-order chi connectivity index (χ0) is 29.0. The SMILES string of the molecule is CCC(C)(C)c1ccc(OCC(=O)Nc2cccc(C(=O)Nc3cc(=O)n(-c4c(Cl)cc(Cl)cc4Cl)[nH]3)c2)cc1. The Morgan fingerprint density at radius 1 is 0.950 bits per heavy atom. The molecule has 208 valence electrons. The third kappa shape index (κ3) is 6.88. The van der Waals surface area contributed by atoms with E-state index in [1.165, 1.54) is 29.8 Å². The first-order valence-corrected chi connectivity index (χ1v) is 13.5. The van der Waals surface area contributed by atoms with Crippen LogP contribution in [0.2, 0.25) is 15.1 Å². The number of hydrogen-bond acceptors (Lipinski definition) is 4. The molecular formula is C29H27Cl3N4O4. The van der Waals surface area contributed by atoms with Gasteiger partial charge in [0.05, 0.1) is 10.0 Å². The molecule has 1 aromatic heterocycles. The first kappa shape index (κ1) is 29.3. The molecule has 4 rings (SSSR count). The lowest BCUT2D eigenvalue weighted by Crippen LogP contribution is -2.21. The lowest BCUT2D eigenvalue weighted by molar-refractivity contribution is -0.118. The number of ether oxygens (including phenoxy) is 1. The Bertz CT molecular complexity index is 1590. The van der Waals surface area contributed by atoms with Crippen LogP contribution in [0.15, 0.2) is 71.5 Å². The third-order valence-corrected chi connectivity index (χ3v) is 7.27. The van der Waals surface area contributed by atoms with E-state index in [1.807, 2.05) is 24.3 Å². The monoisotopic (exact) mass is 600 g/mol. The molecule has 0 saturated heterocycles. The van der Waals surface area contributed by atoms with E-state index >= 15 is 0 Å². The molecule has 11 heteroatoms. The summed E-state index contributed by atoms with van der Waals surface area (Å²) in [5, 5.41) is 8.74. The number of anilines is 2. The minimum absolute atomic E-state index is 0.0601. The van der Waals surface area contributed by atoms with Crippen LogP contribution in [0, 0.1) is 0 Å². The fourth-order valence-electron chi connectivity index (χ4n) is 3.86. The van der Waals surface area contributed by atoms with E-state index in [2.05, 4.69) is 36.5 Å². The Balaban J connectivity index is 1.38. The number of aromatic nitrogens is 2. The Labute approximate surface area is 246 Å². The second-order valence-electron chi connectivity index (χ2n) is 9.70. The summed E-state index contributed by atoms with van der Waals surface area (Å²) in [5.74, 6) is -0.188. The van der Waals surface area contributed by atoms with Crippen LogP contribution >= 0.6 is 34.8 Å². The predicted octanol–water partition coefficient (Wildman–Crippen LogP) is 7.08. The molecule has 0 fully saturated rings. The van der Waals surface area contributed by atoms with E-state index < -0.39 is 11.5 Å². The van der Waals surface area contributed by atoms with Gasteiger partial charge >= 0.3 is 0 Å². The molecule has 3 aromatic carbocycles. The second kappa shape index (κ2) is 12.2. The highest BCUT2D eigenvalue weighted by molar-refractivity contribution is 6.40. The lowest BCUT2D eigenvalue weighted by atomic mass is 9.82. The number of rotatable bonds is 9. The number of H-pyrrole nitrogens is 1. The lowest BCUT2D eigenvalue weighted by Gasteiger charge is -2.23. The van der Waals surface area contributed by atoms with Crippen molar-refractivity contribution < 1.29 is 14.3 Å². The molecule has 0 aliphatic carbocycles. The molecule has 0 spiro atoms. The zero-order valence-electron chi connectivity index (χ0n) is 22.0. The molecule has 0 unspecified atom stereocenters. The fourth-order valence-corrected chi connectivity index (χ4v) is 4.85. The number of amides is 2. The van der Waals surface area contributed by atoms with Crippen molar-refractivity contribution in [2.24, 2.45) is 0 Å². The molecule has 8 nitrogen and oxygen atoms in total. The summed E-state index contributed by atoms with van der Waals surface area (Å²) in [4.78, 5) is 37.9. The summed E-state index contributed by atoms with van der Waals surface area (Å²) < 4.78 is 6.72. The van der Waals surface area contributed by atoms with E-state index in [0.717, 1.165) is 11.1 Å². The van der Waals surface area contributed by atoms with Gasteiger partial charge in [-0.3, -0.25) is 19.5 Å². The second-order valence-corrected chi connectivity index (χ2v) is 10.9. The van der Waals surface area contributed by atoms with Crippen LogP contribution in [0.25, 0.3) is 5.69 Å². The Morgan fingerprint density at radius 3 is 2.27 bits per heavy atom. The molecule has 0 aliphatic heterocycles. The van der Waals surface area contributed by atoms with E-state index in [0.29, 0.717) is 16.5 Å². The molecule has 0 radical (unpaired) electrons. The van der Waals surface area contributed by atoms with Gasteiger partial charge in [0.25, 0.3) is 17.4 Å². The highest BCUT2D eigenvalue weighted by Crippen LogP contribution is 2.31. The number of carbonyl (C=O) groups is 2. The molecule has 2 amide bonds. The minimum atomic E-state index is -0.510. The quantitative estimate of drug-likeness (QED) is 0.191. The van der Waals surface area contributed by atoms with Crippen molar-refractivity contribution in [3.63, 3.8) is 0 Å². The normalized spacial score (nSPS) is 11.2. The van der Waals surface area contributed by atoms with Gasteiger partial charge in [0, 0.05) is 22.3 Å². The van der Waals surface area contributed by atoms with Gasteiger partial charge in [-0.05, 0) is 59.9 Å². The van der Waals surface area contributed by atoms with Crippen molar-refractivity contribution in [2.75, 3.05) is 17.2 Å². The number of benzene rings is 3. The maximum atomic E-state index is 12.9. The number of carbonyl (C=O) groups excluding carboxylic acids is 2. The van der Waals surface area contributed by atoms with E-state index in [4.69, 9.17) is 39.5 Å². The van der Waals surface area contributed by atoms with Crippen molar-refractivity contribution in [2.45, 2.75) is 32.6 Å². The summed E-state index contributed by atoms with van der Waals surface area (Å²) in [5.41, 5.74) is 1.62. The van der Waals surface area contributed by atoms with Gasteiger partial charge < -0.3 is 15.4 Å². The number of halogens is 3. The molecule has 1 heterocycles. The summed E-state index contributed by atoms with van der Waals surface area (Å²) in [6, 6.07) is 18.1. The van der Waals surface area contributed by atoms with Gasteiger partial charge in [0.1, 0.15) is 17.3 Å². The van der Waals surface area contributed by atoms with Gasteiger partial charge in [0.2, 0.25) is 0 Å². The van der Waals surface area contributed by atoms with Crippen molar-refractivity contribution >= 4 is 58.1 Å². The highest BCUT2D eigenvalue weighted by atomic mass is 35.5. The molecule has 3 N–H and O–H groups in total. The van der Waals surface area contributed by atoms with Crippen LogP contribution in [0.5, 0.6) is 5.75 Å². The topological polar surface area (TPSA) is 105 Å². The van der Waals surface area contributed by atoms with Crippen LogP contribution in [-0.4, -0.2) is 28.2 Å². The number of nitrogens with zero attached hydrogens (tertiary/aromatic N) is 1.